The Morgan fingerprint density at radius 1 is 0.850 bits per heavy atom. The van der Waals surface area contributed by atoms with Crippen molar-refractivity contribution in [1.29, 1.82) is 0 Å². The average Bonchev–Trinajstić information content (AvgIpc) is 2.50. The fourth-order valence-corrected chi connectivity index (χ4v) is 2.56. The van der Waals surface area contributed by atoms with Crippen LogP contribution >= 0.6 is 23.4 Å². The number of benzene rings is 2. The molecule has 0 bridgehead atoms. The second-order valence-electron chi connectivity index (χ2n) is 3.78. The van der Waals surface area contributed by atoms with E-state index in [0.717, 1.165) is 9.79 Å². The molecule has 0 amide bonds. The third-order valence-electron chi connectivity index (χ3n) is 2.49. The minimum Gasteiger partial charge on any atom is -0.410 e. The summed E-state index contributed by atoms with van der Waals surface area (Å²) in [6.07, 6.45) is 0. The molecule has 0 spiro atoms. The van der Waals surface area contributed by atoms with Gasteiger partial charge in [0.2, 0.25) is 0 Å². The van der Waals surface area contributed by atoms with Crippen LogP contribution in [0.5, 0.6) is 0 Å². The van der Waals surface area contributed by atoms with Crippen molar-refractivity contribution in [2.75, 3.05) is 0 Å². The lowest BCUT2D eigenvalue weighted by atomic mass is 10.1. The first-order valence-electron chi connectivity index (χ1n) is 5.68. The minimum atomic E-state index is -0.268. The molecule has 0 aromatic heterocycles. The van der Waals surface area contributed by atoms with Crippen LogP contribution in [0.1, 0.15) is 5.56 Å². The predicted molar refractivity (Wildman–Crippen MR) is 80.4 cm³/mol. The summed E-state index contributed by atoms with van der Waals surface area (Å²) in [5.74, 6) is 0. The van der Waals surface area contributed by atoms with Gasteiger partial charge in [0.15, 0.2) is 10.9 Å². The third-order valence-corrected chi connectivity index (χ3v) is 3.76. The number of halogens is 1. The standard InChI is InChI=1S/C14H11ClN2O2S/c15-14(17-19)13(16-18)10-6-8-12(9-7-10)20-11-4-2-1-3-5-11/h1-9,18-19H. The Morgan fingerprint density at radius 2 is 1.45 bits per heavy atom. The summed E-state index contributed by atoms with van der Waals surface area (Å²) in [5, 5.41) is 23.1. The lowest BCUT2D eigenvalue weighted by Gasteiger charge is -2.04. The normalized spacial score (nSPS) is 12.4. The van der Waals surface area contributed by atoms with Gasteiger partial charge in [-0.2, -0.15) is 0 Å². The molecule has 2 aromatic rings. The van der Waals surface area contributed by atoms with Crippen LogP contribution in [-0.2, 0) is 0 Å². The summed E-state index contributed by atoms with van der Waals surface area (Å²) in [7, 11) is 0. The summed E-state index contributed by atoms with van der Waals surface area (Å²) >= 11 is 7.25. The van der Waals surface area contributed by atoms with Gasteiger partial charge in [-0.1, -0.05) is 64.0 Å². The van der Waals surface area contributed by atoms with Gasteiger partial charge in [-0.15, -0.1) is 0 Å². The molecule has 0 aliphatic heterocycles. The topological polar surface area (TPSA) is 65.2 Å². The molecule has 0 aliphatic carbocycles. The lowest BCUT2D eigenvalue weighted by Crippen LogP contribution is -2.09. The summed E-state index contributed by atoms with van der Waals surface area (Å²) in [6, 6.07) is 17.2. The maximum Gasteiger partial charge on any atom is 0.197 e. The van der Waals surface area contributed by atoms with Crippen LogP contribution in [0.4, 0.5) is 0 Å². The first kappa shape index (κ1) is 14.4. The first-order chi connectivity index (χ1) is 9.74. The Kier molecular flexibility index (Phi) is 5.03. The Morgan fingerprint density at radius 3 is 2.00 bits per heavy atom. The number of rotatable bonds is 4. The molecule has 0 unspecified atom stereocenters. The van der Waals surface area contributed by atoms with E-state index in [4.69, 9.17) is 22.0 Å². The van der Waals surface area contributed by atoms with E-state index in [1.807, 2.05) is 42.5 Å². The summed E-state index contributed by atoms with van der Waals surface area (Å²) in [5.41, 5.74) is 0.582. The quantitative estimate of drug-likeness (QED) is 0.509. The fraction of sp³-hybridized carbons (Fsp3) is 0. The summed E-state index contributed by atoms with van der Waals surface area (Å²) < 4.78 is 0. The number of nitrogens with zero attached hydrogens (tertiary/aromatic N) is 2. The molecule has 0 aliphatic rings. The van der Waals surface area contributed by atoms with E-state index < -0.39 is 0 Å². The van der Waals surface area contributed by atoms with Crippen molar-refractivity contribution in [2.45, 2.75) is 9.79 Å². The second kappa shape index (κ2) is 6.98. The van der Waals surface area contributed by atoms with Gasteiger partial charge >= 0.3 is 0 Å². The van der Waals surface area contributed by atoms with Crippen LogP contribution in [0, 0.1) is 0 Å². The second-order valence-corrected chi connectivity index (χ2v) is 5.28. The predicted octanol–water partition coefficient (Wildman–Crippen LogP) is 4.04. The van der Waals surface area contributed by atoms with Crippen LogP contribution < -0.4 is 0 Å². The van der Waals surface area contributed by atoms with E-state index in [1.165, 1.54) is 0 Å². The fourth-order valence-electron chi connectivity index (χ4n) is 1.57. The van der Waals surface area contributed by atoms with Gasteiger partial charge in [-0.05, 0) is 24.3 Å². The van der Waals surface area contributed by atoms with E-state index in [0.29, 0.717) is 5.56 Å². The molecule has 0 saturated carbocycles. The van der Waals surface area contributed by atoms with Crippen molar-refractivity contribution >= 4 is 34.2 Å². The molecular formula is C14H11ClN2O2S. The zero-order chi connectivity index (χ0) is 14.4. The maximum absolute atomic E-state index is 8.89. The van der Waals surface area contributed by atoms with Crippen molar-refractivity contribution in [1.82, 2.24) is 0 Å². The number of oxime groups is 2. The van der Waals surface area contributed by atoms with Gasteiger partial charge < -0.3 is 10.4 Å². The molecule has 0 fully saturated rings. The van der Waals surface area contributed by atoms with E-state index in [1.54, 1.807) is 23.9 Å². The molecule has 6 heteroatoms. The maximum atomic E-state index is 8.89. The molecule has 0 saturated heterocycles. The zero-order valence-electron chi connectivity index (χ0n) is 10.3. The molecule has 2 N–H and O–H groups in total. The third kappa shape index (κ3) is 3.53. The van der Waals surface area contributed by atoms with Crippen molar-refractivity contribution in [2.24, 2.45) is 10.3 Å². The van der Waals surface area contributed by atoms with Crippen LogP contribution in [0.3, 0.4) is 0 Å². The Hall–Kier alpha value is -1.98. The Bertz CT molecular complexity index is 627. The minimum absolute atomic E-state index is 0.0189. The van der Waals surface area contributed by atoms with Gasteiger partial charge in [0.25, 0.3) is 0 Å². The zero-order valence-corrected chi connectivity index (χ0v) is 11.8. The van der Waals surface area contributed by atoms with Crippen molar-refractivity contribution in [3.63, 3.8) is 0 Å². The number of hydrogen-bond donors (Lipinski definition) is 2. The highest BCUT2D eigenvalue weighted by molar-refractivity contribution is 7.99. The highest BCUT2D eigenvalue weighted by Gasteiger charge is 2.11. The van der Waals surface area contributed by atoms with Crippen molar-refractivity contribution in [3.05, 3.63) is 60.2 Å². The van der Waals surface area contributed by atoms with Crippen molar-refractivity contribution in [3.8, 4) is 0 Å². The Balaban J connectivity index is 2.18. The van der Waals surface area contributed by atoms with E-state index in [-0.39, 0.29) is 10.9 Å². The molecular weight excluding hydrogens is 296 g/mol. The largest absolute Gasteiger partial charge is 0.410 e. The Labute approximate surface area is 125 Å². The summed E-state index contributed by atoms with van der Waals surface area (Å²) in [4.78, 5) is 2.17. The average molecular weight is 307 g/mol. The molecule has 20 heavy (non-hydrogen) atoms. The molecule has 102 valence electrons. The van der Waals surface area contributed by atoms with Gasteiger partial charge in [-0.3, -0.25) is 0 Å². The van der Waals surface area contributed by atoms with Gasteiger partial charge in [0.05, 0.1) is 0 Å². The number of hydrogen-bond acceptors (Lipinski definition) is 5. The van der Waals surface area contributed by atoms with Gasteiger partial charge in [-0.25, -0.2) is 0 Å². The SMILES string of the molecule is ON=C(Cl)C(=NO)c1ccc(Sc2ccccc2)cc1. The first-order valence-corrected chi connectivity index (χ1v) is 6.87. The van der Waals surface area contributed by atoms with Crippen LogP contribution in [0.2, 0.25) is 0 Å². The van der Waals surface area contributed by atoms with E-state index in [2.05, 4.69) is 10.3 Å². The smallest absolute Gasteiger partial charge is 0.197 e. The molecule has 2 aromatic carbocycles. The van der Waals surface area contributed by atoms with E-state index >= 15 is 0 Å². The highest BCUT2D eigenvalue weighted by atomic mass is 35.5. The molecule has 4 nitrogen and oxygen atoms in total. The summed E-state index contributed by atoms with van der Waals surface area (Å²) in [6.45, 7) is 0. The van der Waals surface area contributed by atoms with Gasteiger partial charge in [0.1, 0.15) is 0 Å². The van der Waals surface area contributed by atoms with Crippen molar-refractivity contribution < 1.29 is 10.4 Å². The molecule has 0 radical (unpaired) electrons. The van der Waals surface area contributed by atoms with Crippen LogP contribution in [-0.4, -0.2) is 21.3 Å². The van der Waals surface area contributed by atoms with Crippen LogP contribution in [0.15, 0.2) is 74.7 Å². The van der Waals surface area contributed by atoms with Crippen LogP contribution in [0.25, 0.3) is 0 Å². The van der Waals surface area contributed by atoms with E-state index in [9.17, 15) is 0 Å². The lowest BCUT2D eigenvalue weighted by molar-refractivity contribution is 0.315. The molecule has 0 atom stereocenters. The van der Waals surface area contributed by atoms with Gasteiger partial charge in [0, 0.05) is 15.4 Å². The highest BCUT2D eigenvalue weighted by Crippen LogP contribution is 2.27. The molecule has 2 rings (SSSR count). The molecule has 0 heterocycles. The monoisotopic (exact) mass is 306 g/mol.